The number of nitrogens with two attached hydrogens (primary N) is 1. The average molecular weight is 256 g/mol. The number of carbonyl (C=O) groups is 1. The first kappa shape index (κ1) is 17.4. The largest absolute Gasteiger partial charge is 0.343 e. The van der Waals surface area contributed by atoms with Gasteiger partial charge in [-0.25, -0.2) is 0 Å². The molecule has 0 heterocycles. The van der Waals surface area contributed by atoms with Crippen molar-refractivity contribution < 1.29 is 4.79 Å². The Labute approximate surface area is 113 Å². The molecule has 0 aromatic rings. The quantitative estimate of drug-likeness (QED) is 0.689. The van der Waals surface area contributed by atoms with E-state index in [9.17, 15) is 4.79 Å². The lowest BCUT2D eigenvalue weighted by Crippen LogP contribution is -2.35. The van der Waals surface area contributed by atoms with Gasteiger partial charge in [-0.2, -0.15) is 0 Å². The van der Waals surface area contributed by atoms with Crippen LogP contribution in [0.3, 0.4) is 0 Å². The lowest BCUT2D eigenvalue weighted by Gasteiger charge is -2.27. The van der Waals surface area contributed by atoms with E-state index in [0.29, 0.717) is 24.8 Å². The van der Waals surface area contributed by atoms with Crippen molar-refractivity contribution in [3.05, 3.63) is 0 Å². The van der Waals surface area contributed by atoms with E-state index in [1.165, 1.54) is 0 Å². The predicted octanol–water partition coefficient (Wildman–Crippen LogP) is 3.04. The highest BCUT2D eigenvalue weighted by Gasteiger charge is 2.21. The normalized spacial score (nSPS) is 13.4. The molecule has 18 heavy (non-hydrogen) atoms. The van der Waals surface area contributed by atoms with Crippen molar-refractivity contribution in [1.82, 2.24) is 4.90 Å². The third kappa shape index (κ3) is 7.00. The standard InChI is InChI=1S/C15H32N2O/c1-6-13(3)12-17(7-2)14(18)8-9-15(4,5)10-11-16/h13H,6-12,16H2,1-5H3. The molecule has 3 nitrogen and oxygen atoms in total. The Hall–Kier alpha value is -0.570. The van der Waals surface area contributed by atoms with Gasteiger partial charge in [-0.05, 0) is 37.6 Å². The molecule has 0 radical (unpaired) electrons. The fourth-order valence-electron chi connectivity index (χ4n) is 2.03. The number of rotatable bonds is 9. The zero-order valence-electron chi connectivity index (χ0n) is 13.0. The summed E-state index contributed by atoms with van der Waals surface area (Å²) < 4.78 is 0. The lowest BCUT2D eigenvalue weighted by molar-refractivity contribution is -0.132. The summed E-state index contributed by atoms with van der Waals surface area (Å²) in [6, 6.07) is 0. The summed E-state index contributed by atoms with van der Waals surface area (Å²) in [4.78, 5) is 14.2. The molecule has 0 rings (SSSR count). The first-order valence-corrected chi connectivity index (χ1v) is 7.34. The van der Waals surface area contributed by atoms with Gasteiger partial charge in [0.05, 0.1) is 0 Å². The molecule has 0 fully saturated rings. The summed E-state index contributed by atoms with van der Waals surface area (Å²) in [6.45, 7) is 13.2. The van der Waals surface area contributed by atoms with E-state index < -0.39 is 0 Å². The molecular weight excluding hydrogens is 224 g/mol. The van der Waals surface area contributed by atoms with Gasteiger partial charge in [0.2, 0.25) is 5.91 Å². The van der Waals surface area contributed by atoms with Crippen LogP contribution in [-0.4, -0.2) is 30.4 Å². The maximum absolute atomic E-state index is 12.2. The molecule has 2 N–H and O–H groups in total. The number of hydrogen-bond acceptors (Lipinski definition) is 2. The molecule has 3 heteroatoms. The van der Waals surface area contributed by atoms with Gasteiger partial charge < -0.3 is 10.6 Å². The minimum Gasteiger partial charge on any atom is -0.343 e. The van der Waals surface area contributed by atoms with Crippen LogP contribution in [0.5, 0.6) is 0 Å². The van der Waals surface area contributed by atoms with Crippen LogP contribution < -0.4 is 5.73 Å². The zero-order valence-corrected chi connectivity index (χ0v) is 13.0. The van der Waals surface area contributed by atoms with Crippen molar-refractivity contribution in [1.29, 1.82) is 0 Å². The van der Waals surface area contributed by atoms with Crippen LogP contribution in [0, 0.1) is 11.3 Å². The van der Waals surface area contributed by atoms with Crippen molar-refractivity contribution in [2.45, 2.75) is 60.3 Å². The smallest absolute Gasteiger partial charge is 0.222 e. The van der Waals surface area contributed by atoms with Gasteiger partial charge in [-0.1, -0.05) is 34.1 Å². The lowest BCUT2D eigenvalue weighted by atomic mass is 9.84. The fourth-order valence-corrected chi connectivity index (χ4v) is 2.03. The van der Waals surface area contributed by atoms with Crippen LogP contribution >= 0.6 is 0 Å². The Kier molecular flexibility index (Phi) is 8.25. The summed E-state index contributed by atoms with van der Waals surface area (Å²) in [5.74, 6) is 0.883. The average Bonchev–Trinajstić information content (AvgIpc) is 2.32. The topological polar surface area (TPSA) is 46.3 Å². The summed E-state index contributed by atoms with van der Waals surface area (Å²) in [6.07, 6.45) is 3.69. The molecule has 0 aliphatic heterocycles. The Bertz CT molecular complexity index is 239. The highest BCUT2D eigenvalue weighted by atomic mass is 16.2. The van der Waals surface area contributed by atoms with Crippen LogP contribution in [0.25, 0.3) is 0 Å². The summed E-state index contributed by atoms with van der Waals surface area (Å²) in [5.41, 5.74) is 5.78. The van der Waals surface area contributed by atoms with Crippen molar-refractivity contribution in [2.75, 3.05) is 19.6 Å². The molecule has 108 valence electrons. The molecule has 0 aromatic carbocycles. The van der Waals surface area contributed by atoms with Gasteiger partial charge in [0, 0.05) is 19.5 Å². The number of nitrogens with zero attached hydrogens (tertiary/aromatic N) is 1. The number of amides is 1. The van der Waals surface area contributed by atoms with Gasteiger partial charge >= 0.3 is 0 Å². The summed E-state index contributed by atoms with van der Waals surface area (Å²) >= 11 is 0. The van der Waals surface area contributed by atoms with E-state index in [1.54, 1.807) is 0 Å². The van der Waals surface area contributed by atoms with Gasteiger partial charge in [0.1, 0.15) is 0 Å². The molecule has 0 bridgehead atoms. The van der Waals surface area contributed by atoms with Crippen LogP contribution in [0.4, 0.5) is 0 Å². The SMILES string of the molecule is CCC(C)CN(CC)C(=O)CCC(C)(C)CCN. The highest BCUT2D eigenvalue weighted by Crippen LogP contribution is 2.26. The third-order valence-corrected chi connectivity index (χ3v) is 3.80. The zero-order chi connectivity index (χ0) is 14.2. The van der Waals surface area contributed by atoms with Crippen LogP contribution in [0.15, 0.2) is 0 Å². The van der Waals surface area contributed by atoms with E-state index in [0.717, 1.165) is 32.4 Å². The Morgan fingerprint density at radius 1 is 1.28 bits per heavy atom. The Morgan fingerprint density at radius 2 is 1.89 bits per heavy atom. The molecule has 1 unspecified atom stereocenters. The highest BCUT2D eigenvalue weighted by molar-refractivity contribution is 5.76. The molecule has 1 amide bonds. The summed E-state index contributed by atoms with van der Waals surface area (Å²) in [7, 11) is 0. The second-order valence-electron chi connectivity index (χ2n) is 6.15. The minimum absolute atomic E-state index is 0.181. The minimum atomic E-state index is 0.181. The number of carbonyl (C=O) groups excluding carboxylic acids is 1. The monoisotopic (exact) mass is 256 g/mol. The molecule has 0 aliphatic rings. The van der Waals surface area contributed by atoms with Gasteiger partial charge in [-0.3, -0.25) is 4.79 Å². The predicted molar refractivity (Wildman–Crippen MR) is 78.4 cm³/mol. The van der Waals surface area contributed by atoms with Crippen LogP contribution in [0.2, 0.25) is 0 Å². The number of hydrogen-bond donors (Lipinski definition) is 1. The van der Waals surface area contributed by atoms with E-state index in [-0.39, 0.29) is 5.41 Å². The van der Waals surface area contributed by atoms with Gasteiger partial charge in [0.15, 0.2) is 0 Å². The van der Waals surface area contributed by atoms with Crippen molar-refractivity contribution in [3.63, 3.8) is 0 Å². The van der Waals surface area contributed by atoms with E-state index in [4.69, 9.17) is 5.73 Å². The first-order valence-electron chi connectivity index (χ1n) is 7.34. The molecule has 0 aromatic heterocycles. The van der Waals surface area contributed by atoms with Crippen LogP contribution in [-0.2, 0) is 4.79 Å². The van der Waals surface area contributed by atoms with E-state index >= 15 is 0 Å². The maximum atomic E-state index is 12.2. The summed E-state index contributed by atoms with van der Waals surface area (Å²) in [5, 5.41) is 0. The van der Waals surface area contributed by atoms with Crippen molar-refractivity contribution in [2.24, 2.45) is 17.1 Å². The first-order chi connectivity index (χ1) is 8.36. The second-order valence-corrected chi connectivity index (χ2v) is 6.15. The molecule has 1 atom stereocenters. The molecule has 0 aliphatic carbocycles. The second kappa shape index (κ2) is 8.52. The van der Waals surface area contributed by atoms with E-state index in [1.807, 2.05) is 4.90 Å². The van der Waals surface area contributed by atoms with Gasteiger partial charge in [0.25, 0.3) is 0 Å². The molecule has 0 saturated carbocycles. The Balaban J connectivity index is 4.20. The maximum Gasteiger partial charge on any atom is 0.222 e. The van der Waals surface area contributed by atoms with Crippen LogP contribution in [0.1, 0.15) is 60.3 Å². The van der Waals surface area contributed by atoms with Gasteiger partial charge in [-0.15, -0.1) is 0 Å². The molecular formula is C15H32N2O. The molecule has 0 spiro atoms. The third-order valence-electron chi connectivity index (χ3n) is 3.80. The van der Waals surface area contributed by atoms with Crippen molar-refractivity contribution in [3.8, 4) is 0 Å². The van der Waals surface area contributed by atoms with Crippen molar-refractivity contribution >= 4 is 5.91 Å². The van der Waals surface area contributed by atoms with E-state index in [2.05, 4.69) is 34.6 Å². The fraction of sp³-hybridized carbons (Fsp3) is 0.933. The molecule has 0 saturated heterocycles. The Morgan fingerprint density at radius 3 is 2.33 bits per heavy atom.